The first kappa shape index (κ1) is 13.9. The summed E-state index contributed by atoms with van der Waals surface area (Å²) in [6.45, 7) is 3.26. The van der Waals surface area contributed by atoms with E-state index in [2.05, 4.69) is 10.3 Å². The second-order valence-corrected chi connectivity index (χ2v) is 5.35. The number of fused-ring (bicyclic) bond motifs is 1. The van der Waals surface area contributed by atoms with Gasteiger partial charge >= 0.3 is 0 Å². The molecule has 0 spiro atoms. The lowest BCUT2D eigenvalue weighted by Gasteiger charge is -2.11. The molecule has 1 N–H and O–H groups in total. The summed E-state index contributed by atoms with van der Waals surface area (Å²) in [7, 11) is 0. The fourth-order valence-corrected chi connectivity index (χ4v) is 2.63. The number of rotatable bonds is 4. The first-order valence-electron chi connectivity index (χ1n) is 6.90. The minimum atomic E-state index is -0.497. The zero-order valence-electron chi connectivity index (χ0n) is 11.7. The van der Waals surface area contributed by atoms with Gasteiger partial charge in [0.1, 0.15) is 11.6 Å². The molecule has 1 aliphatic rings. The molecule has 1 amide bonds. The monoisotopic (exact) mass is 305 g/mol. The van der Waals surface area contributed by atoms with Crippen LogP contribution in [-0.2, 0) is 24.3 Å². The van der Waals surface area contributed by atoms with Gasteiger partial charge in [-0.15, -0.1) is 0 Å². The number of nitrogens with zero attached hydrogens (tertiary/aromatic N) is 2. The van der Waals surface area contributed by atoms with Crippen LogP contribution in [0.25, 0.3) is 0 Å². The van der Waals surface area contributed by atoms with Crippen molar-refractivity contribution in [1.29, 1.82) is 0 Å². The van der Waals surface area contributed by atoms with Crippen molar-refractivity contribution in [2.24, 2.45) is 0 Å². The van der Waals surface area contributed by atoms with Crippen LogP contribution >= 0.6 is 11.6 Å². The molecule has 5 nitrogen and oxygen atoms in total. The molecule has 1 aliphatic heterocycles. The number of halogens is 1. The number of amides is 1. The lowest BCUT2D eigenvalue weighted by molar-refractivity contribution is -0.127. The Morgan fingerprint density at radius 2 is 2.43 bits per heavy atom. The van der Waals surface area contributed by atoms with Crippen molar-refractivity contribution in [2.75, 3.05) is 0 Å². The van der Waals surface area contributed by atoms with E-state index in [1.165, 1.54) is 0 Å². The number of hydrogen-bond acceptors (Lipinski definition) is 3. The summed E-state index contributed by atoms with van der Waals surface area (Å²) >= 11 is 5.95. The van der Waals surface area contributed by atoms with E-state index in [9.17, 15) is 4.79 Å². The molecule has 110 valence electrons. The molecule has 1 aromatic heterocycles. The molecule has 6 heteroatoms. The second-order valence-electron chi connectivity index (χ2n) is 4.91. The Bertz CT molecular complexity index is 669. The van der Waals surface area contributed by atoms with Crippen LogP contribution in [0.1, 0.15) is 18.3 Å². The largest absolute Gasteiger partial charge is 0.480 e. The molecule has 0 fully saturated rings. The highest BCUT2D eigenvalue weighted by molar-refractivity contribution is 6.30. The first-order chi connectivity index (χ1) is 10.2. The van der Waals surface area contributed by atoms with Crippen molar-refractivity contribution >= 4 is 17.5 Å². The zero-order chi connectivity index (χ0) is 14.8. The van der Waals surface area contributed by atoms with E-state index in [1.54, 1.807) is 18.3 Å². The van der Waals surface area contributed by atoms with Crippen LogP contribution in [0.15, 0.2) is 30.6 Å². The fourth-order valence-electron chi connectivity index (χ4n) is 2.44. The predicted octanol–water partition coefficient (Wildman–Crippen LogP) is 2.18. The Morgan fingerprint density at radius 3 is 3.24 bits per heavy atom. The molecular weight excluding hydrogens is 290 g/mol. The fraction of sp³-hybridized carbons (Fsp3) is 0.333. The molecule has 1 unspecified atom stereocenters. The number of imidazole rings is 1. The van der Waals surface area contributed by atoms with Crippen LogP contribution < -0.4 is 10.1 Å². The molecule has 0 saturated carbocycles. The maximum atomic E-state index is 12.2. The van der Waals surface area contributed by atoms with Crippen LogP contribution in [0, 0.1) is 0 Å². The third-order valence-electron chi connectivity index (χ3n) is 3.55. The number of aromatic nitrogens is 2. The van der Waals surface area contributed by atoms with Gasteiger partial charge in [0.2, 0.25) is 0 Å². The highest BCUT2D eigenvalue weighted by atomic mass is 35.5. The third-order valence-corrected chi connectivity index (χ3v) is 3.79. The number of hydrogen-bond donors (Lipinski definition) is 1. The average Bonchev–Trinajstić information content (AvgIpc) is 3.10. The lowest BCUT2D eigenvalue weighted by atomic mass is 10.1. The summed E-state index contributed by atoms with van der Waals surface area (Å²) in [5, 5.41) is 3.53. The molecule has 3 rings (SSSR count). The van der Waals surface area contributed by atoms with Crippen molar-refractivity contribution in [3.63, 3.8) is 0 Å². The maximum Gasteiger partial charge on any atom is 0.261 e. The SMILES string of the molecule is CCn1ccnc1CNC(=O)C1Cc2cc(Cl)ccc2O1. The van der Waals surface area contributed by atoms with E-state index >= 15 is 0 Å². The van der Waals surface area contributed by atoms with Crippen LogP contribution in [0.3, 0.4) is 0 Å². The van der Waals surface area contributed by atoms with Gasteiger partial charge in [0.25, 0.3) is 5.91 Å². The molecule has 2 aromatic rings. The standard InChI is InChI=1S/C15H16ClN3O2/c1-2-19-6-5-17-14(19)9-18-15(20)13-8-10-7-11(16)3-4-12(10)21-13/h3-7,13H,2,8-9H2,1H3,(H,18,20). The number of ether oxygens (including phenoxy) is 1. The van der Waals surface area contributed by atoms with Crippen LogP contribution in [0.4, 0.5) is 0 Å². The quantitative estimate of drug-likeness (QED) is 0.942. The molecular formula is C15H16ClN3O2. The summed E-state index contributed by atoms with van der Waals surface area (Å²) in [4.78, 5) is 16.4. The van der Waals surface area contributed by atoms with E-state index < -0.39 is 6.10 Å². The van der Waals surface area contributed by atoms with E-state index in [0.29, 0.717) is 18.0 Å². The topological polar surface area (TPSA) is 56.2 Å². The Labute approximate surface area is 127 Å². The number of carbonyl (C=O) groups is 1. The molecule has 0 bridgehead atoms. The molecule has 1 atom stereocenters. The van der Waals surface area contributed by atoms with Crippen LogP contribution in [0.2, 0.25) is 5.02 Å². The smallest absolute Gasteiger partial charge is 0.261 e. The van der Waals surface area contributed by atoms with Crippen molar-refractivity contribution < 1.29 is 9.53 Å². The molecule has 1 aromatic carbocycles. The van der Waals surface area contributed by atoms with Gasteiger partial charge in [-0.2, -0.15) is 0 Å². The summed E-state index contributed by atoms with van der Waals surface area (Å²) in [5.74, 6) is 1.44. The highest BCUT2D eigenvalue weighted by Gasteiger charge is 2.29. The first-order valence-corrected chi connectivity index (χ1v) is 7.28. The Morgan fingerprint density at radius 1 is 1.57 bits per heavy atom. The predicted molar refractivity (Wildman–Crippen MR) is 79.3 cm³/mol. The van der Waals surface area contributed by atoms with Gasteiger partial charge in [0.05, 0.1) is 6.54 Å². The van der Waals surface area contributed by atoms with Gasteiger partial charge in [0, 0.05) is 30.4 Å². The highest BCUT2D eigenvalue weighted by Crippen LogP contribution is 2.31. The minimum absolute atomic E-state index is 0.132. The number of nitrogens with one attached hydrogen (secondary N) is 1. The molecule has 0 aliphatic carbocycles. The van der Waals surface area contributed by atoms with Gasteiger partial charge in [0.15, 0.2) is 6.10 Å². The van der Waals surface area contributed by atoms with Crippen LogP contribution in [-0.4, -0.2) is 21.6 Å². The van der Waals surface area contributed by atoms with Gasteiger partial charge in [-0.05, 0) is 30.7 Å². The van der Waals surface area contributed by atoms with Gasteiger partial charge < -0.3 is 14.6 Å². The number of aryl methyl sites for hydroxylation is 1. The Kier molecular flexibility index (Phi) is 3.84. The van der Waals surface area contributed by atoms with Crippen molar-refractivity contribution in [1.82, 2.24) is 14.9 Å². The Hall–Kier alpha value is -2.01. The molecule has 0 saturated heterocycles. The minimum Gasteiger partial charge on any atom is -0.480 e. The summed E-state index contributed by atoms with van der Waals surface area (Å²) in [6.07, 6.45) is 3.67. The summed E-state index contributed by atoms with van der Waals surface area (Å²) < 4.78 is 7.64. The molecule has 2 heterocycles. The lowest BCUT2D eigenvalue weighted by Crippen LogP contribution is -2.37. The van der Waals surface area contributed by atoms with Crippen molar-refractivity contribution in [3.8, 4) is 5.75 Å². The normalized spacial score (nSPS) is 16.4. The van der Waals surface area contributed by atoms with Crippen molar-refractivity contribution in [2.45, 2.75) is 32.5 Å². The van der Waals surface area contributed by atoms with E-state index in [1.807, 2.05) is 23.8 Å². The molecule has 0 radical (unpaired) electrons. The zero-order valence-corrected chi connectivity index (χ0v) is 12.4. The van der Waals surface area contributed by atoms with Gasteiger partial charge in [-0.25, -0.2) is 4.98 Å². The van der Waals surface area contributed by atoms with Crippen LogP contribution in [0.5, 0.6) is 5.75 Å². The molecule has 21 heavy (non-hydrogen) atoms. The van der Waals surface area contributed by atoms with Gasteiger partial charge in [-0.3, -0.25) is 4.79 Å². The van der Waals surface area contributed by atoms with E-state index in [0.717, 1.165) is 23.7 Å². The Balaban J connectivity index is 1.60. The average molecular weight is 306 g/mol. The summed E-state index contributed by atoms with van der Waals surface area (Å²) in [6, 6.07) is 5.40. The second kappa shape index (κ2) is 5.77. The number of benzene rings is 1. The summed E-state index contributed by atoms with van der Waals surface area (Å²) in [5.41, 5.74) is 0.970. The van der Waals surface area contributed by atoms with Gasteiger partial charge in [-0.1, -0.05) is 11.6 Å². The third kappa shape index (κ3) is 2.88. The number of carbonyl (C=O) groups excluding carboxylic acids is 1. The van der Waals surface area contributed by atoms with E-state index in [4.69, 9.17) is 16.3 Å². The van der Waals surface area contributed by atoms with E-state index in [-0.39, 0.29) is 5.91 Å². The maximum absolute atomic E-state index is 12.2. The van der Waals surface area contributed by atoms with Crippen molar-refractivity contribution in [3.05, 3.63) is 47.0 Å².